The van der Waals surface area contributed by atoms with Crippen LogP contribution in [0.15, 0.2) is 109 Å². The van der Waals surface area contributed by atoms with Gasteiger partial charge < -0.3 is 25.3 Å². The maximum atomic E-state index is 6.20. The van der Waals surface area contributed by atoms with E-state index in [0.717, 1.165) is 56.1 Å². The third-order valence-corrected chi connectivity index (χ3v) is 5.90. The van der Waals surface area contributed by atoms with Crippen LogP contribution >= 0.6 is 0 Å². The predicted molar refractivity (Wildman–Crippen MR) is 135 cm³/mol. The first-order chi connectivity index (χ1) is 16.1. The van der Waals surface area contributed by atoms with Gasteiger partial charge in [0, 0.05) is 45.9 Å². The molecular formula is C28H22N4O. The summed E-state index contributed by atoms with van der Waals surface area (Å²) < 4.78 is 10.5. The molecule has 0 spiro atoms. The molecule has 0 aliphatic heterocycles. The first-order valence-electron chi connectivity index (χ1n) is 10.8. The average molecular weight is 431 g/mol. The first-order valence-corrected chi connectivity index (χ1v) is 10.8. The fraction of sp³-hybridized carbons (Fsp3) is 0. The molecule has 0 aliphatic rings. The molecule has 6 aromatic rings. The van der Waals surface area contributed by atoms with E-state index >= 15 is 0 Å². The van der Waals surface area contributed by atoms with Crippen LogP contribution < -0.4 is 16.2 Å². The Bertz CT molecular complexity index is 1470. The molecule has 0 saturated heterocycles. The zero-order chi connectivity index (χ0) is 22.4. The second-order valence-electron chi connectivity index (χ2n) is 8.10. The monoisotopic (exact) mass is 430 g/mol. The summed E-state index contributed by atoms with van der Waals surface area (Å²) in [6, 6.07) is 32.2. The number of aromatic nitrogens is 2. The Balaban J connectivity index is 1.29. The van der Waals surface area contributed by atoms with Gasteiger partial charge in [0.2, 0.25) is 0 Å². The number of hydrogen-bond acceptors (Lipinski definition) is 3. The lowest BCUT2D eigenvalue weighted by atomic mass is 10.2. The van der Waals surface area contributed by atoms with E-state index in [9.17, 15) is 0 Å². The van der Waals surface area contributed by atoms with Crippen LogP contribution in [-0.2, 0) is 0 Å². The van der Waals surface area contributed by atoms with E-state index in [0.29, 0.717) is 0 Å². The summed E-state index contributed by atoms with van der Waals surface area (Å²) in [7, 11) is 0. The van der Waals surface area contributed by atoms with E-state index in [-0.39, 0.29) is 0 Å². The fourth-order valence-electron chi connectivity index (χ4n) is 4.22. The van der Waals surface area contributed by atoms with Crippen LogP contribution in [0.2, 0.25) is 0 Å². The highest BCUT2D eigenvalue weighted by Crippen LogP contribution is 2.31. The predicted octanol–water partition coefficient (Wildman–Crippen LogP) is 6.53. The molecule has 0 fully saturated rings. The van der Waals surface area contributed by atoms with Crippen molar-refractivity contribution >= 4 is 33.2 Å². The van der Waals surface area contributed by atoms with Crippen LogP contribution in [0.1, 0.15) is 0 Å². The van der Waals surface area contributed by atoms with Crippen molar-refractivity contribution < 1.29 is 4.74 Å². The van der Waals surface area contributed by atoms with Crippen LogP contribution in [0.3, 0.4) is 0 Å². The number of rotatable bonds is 4. The molecule has 0 unspecified atom stereocenters. The number of hydrogen-bond donors (Lipinski definition) is 2. The van der Waals surface area contributed by atoms with Crippen molar-refractivity contribution in [1.29, 1.82) is 0 Å². The van der Waals surface area contributed by atoms with Gasteiger partial charge in [-0.2, -0.15) is 0 Å². The molecule has 2 aromatic heterocycles. The lowest BCUT2D eigenvalue weighted by Crippen LogP contribution is -1.93. The molecule has 0 atom stereocenters. The van der Waals surface area contributed by atoms with Crippen molar-refractivity contribution in [2.24, 2.45) is 0 Å². The van der Waals surface area contributed by atoms with E-state index in [1.54, 1.807) is 0 Å². The van der Waals surface area contributed by atoms with Crippen LogP contribution in [-0.4, -0.2) is 9.13 Å². The minimum absolute atomic E-state index is 0.756. The third-order valence-electron chi connectivity index (χ3n) is 5.90. The summed E-state index contributed by atoms with van der Waals surface area (Å²) in [5.41, 5.74) is 17.5. The molecule has 6 rings (SSSR count). The van der Waals surface area contributed by atoms with E-state index in [1.807, 2.05) is 60.7 Å². The van der Waals surface area contributed by atoms with Gasteiger partial charge in [0.1, 0.15) is 11.5 Å². The summed E-state index contributed by atoms with van der Waals surface area (Å²) in [6.45, 7) is 0. The normalized spacial score (nSPS) is 11.3. The Morgan fingerprint density at radius 3 is 1.33 bits per heavy atom. The highest BCUT2D eigenvalue weighted by molar-refractivity contribution is 5.85. The van der Waals surface area contributed by atoms with Gasteiger partial charge in [-0.05, 0) is 97.1 Å². The molecule has 0 radical (unpaired) electrons. The minimum atomic E-state index is 0.756. The summed E-state index contributed by atoms with van der Waals surface area (Å²) in [6.07, 6.45) is 4.12. The number of anilines is 2. The van der Waals surface area contributed by atoms with Crippen molar-refractivity contribution in [2.75, 3.05) is 11.5 Å². The lowest BCUT2D eigenvalue weighted by molar-refractivity contribution is 0.484. The van der Waals surface area contributed by atoms with Gasteiger partial charge in [0.15, 0.2) is 0 Å². The van der Waals surface area contributed by atoms with Crippen molar-refractivity contribution in [2.45, 2.75) is 0 Å². The van der Waals surface area contributed by atoms with Crippen LogP contribution in [0.25, 0.3) is 33.2 Å². The molecular weight excluding hydrogens is 408 g/mol. The third kappa shape index (κ3) is 3.46. The zero-order valence-corrected chi connectivity index (χ0v) is 17.8. The standard InChI is InChI=1S/C28H22N4O/c29-21-1-5-23(6-2-21)31-15-13-19-17-25(9-11-27(19)31)33-26-10-12-28-20(18-26)14-16-32(28)24-7-3-22(30)4-8-24/h1-18H,29-30H2. The van der Waals surface area contributed by atoms with E-state index in [1.165, 1.54) is 0 Å². The van der Waals surface area contributed by atoms with Crippen molar-refractivity contribution in [3.05, 3.63) is 109 Å². The highest BCUT2D eigenvalue weighted by atomic mass is 16.5. The molecule has 0 aliphatic carbocycles. The SMILES string of the molecule is Nc1ccc(-n2ccc3cc(Oc4ccc5c(ccn5-c5ccc(N)cc5)c4)ccc32)cc1. The minimum Gasteiger partial charge on any atom is -0.457 e. The molecule has 2 heterocycles. The van der Waals surface area contributed by atoms with Crippen LogP contribution in [0, 0.1) is 0 Å². The van der Waals surface area contributed by atoms with Crippen molar-refractivity contribution in [1.82, 2.24) is 9.13 Å². The van der Waals surface area contributed by atoms with Crippen molar-refractivity contribution in [3.8, 4) is 22.9 Å². The van der Waals surface area contributed by atoms with Gasteiger partial charge in [0.05, 0.1) is 11.0 Å². The maximum Gasteiger partial charge on any atom is 0.128 e. The fourth-order valence-corrected chi connectivity index (χ4v) is 4.22. The second kappa shape index (κ2) is 7.50. The second-order valence-corrected chi connectivity index (χ2v) is 8.10. The van der Waals surface area contributed by atoms with Gasteiger partial charge in [-0.25, -0.2) is 0 Å². The van der Waals surface area contributed by atoms with Crippen LogP contribution in [0.4, 0.5) is 11.4 Å². The van der Waals surface area contributed by atoms with Gasteiger partial charge in [-0.1, -0.05) is 0 Å². The Kier molecular flexibility index (Phi) is 4.33. The average Bonchev–Trinajstić information content (AvgIpc) is 3.44. The topological polar surface area (TPSA) is 71.1 Å². The van der Waals surface area contributed by atoms with Gasteiger partial charge in [0.25, 0.3) is 0 Å². The Labute approximate surface area is 191 Å². The van der Waals surface area contributed by atoms with Gasteiger partial charge in [-0.15, -0.1) is 0 Å². The summed E-state index contributed by atoms with van der Waals surface area (Å²) in [5.74, 6) is 1.60. The summed E-state index contributed by atoms with van der Waals surface area (Å²) in [4.78, 5) is 0. The summed E-state index contributed by atoms with van der Waals surface area (Å²) >= 11 is 0. The maximum absolute atomic E-state index is 6.20. The number of nitrogens with two attached hydrogens (primary N) is 2. The molecule has 160 valence electrons. The Morgan fingerprint density at radius 1 is 0.485 bits per heavy atom. The summed E-state index contributed by atoms with van der Waals surface area (Å²) in [5, 5.41) is 2.22. The Morgan fingerprint density at radius 2 is 0.909 bits per heavy atom. The molecule has 4 aromatic carbocycles. The lowest BCUT2D eigenvalue weighted by Gasteiger charge is -2.09. The zero-order valence-electron chi connectivity index (χ0n) is 17.8. The largest absolute Gasteiger partial charge is 0.457 e. The number of benzene rings is 4. The number of fused-ring (bicyclic) bond motifs is 2. The molecule has 4 N–H and O–H groups in total. The molecule has 5 heteroatoms. The molecule has 33 heavy (non-hydrogen) atoms. The van der Waals surface area contributed by atoms with Crippen molar-refractivity contribution in [3.63, 3.8) is 0 Å². The number of ether oxygens (including phenoxy) is 1. The molecule has 0 bridgehead atoms. The van der Waals surface area contributed by atoms with Crippen LogP contribution in [0.5, 0.6) is 11.5 Å². The molecule has 0 saturated carbocycles. The molecule has 0 amide bonds. The Hall–Kier alpha value is -4.64. The highest BCUT2D eigenvalue weighted by Gasteiger charge is 2.08. The number of nitrogens with zero attached hydrogens (tertiary/aromatic N) is 2. The van der Waals surface area contributed by atoms with E-state index in [4.69, 9.17) is 16.2 Å². The van der Waals surface area contributed by atoms with E-state index < -0.39 is 0 Å². The smallest absolute Gasteiger partial charge is 0.128 e. The van der Waals surface area contributed by atoms with Gasteiger partial charge in [-0.3, -0.25) is 0 Å². The van der Waals surface area contributed by atoms with E-state index in [2.05, 4.69) is 57.9 Å². The first kappa shape index (κ1) is 19.1. The molecule has 5 nitrogen and oxygen atoms in total. The number of nitrogen functional groups attached to an aromatic ring is 2. The van der Waals surface area contributed by atoms with Gasteiger partial charge >= 0.3 is 0 Å². The quantitative estimate of drug-likeness (QED) is 0.312.